The molecule has 17 heavy (non-hydrogen) atoms. The average Bonchev–Trinajstić information content (AvgIpc) is 2.58. The fourth-order valence-corrected chi connectivity index (χ4v) is 2.04. The molecule has 0 spiro atoms. The van der Waals surface area contributed by atoms with Gasteiger partial charge in [0.2, 0.25) is 0 Å². The van der Waals surface area contributed by atoms with Crippen LogP contribution in [-0.4, -0.2) is 34.6 Å². The summed E-state index contributed by atoms with van der Waals surface area (Å²) in [6, 6.07) is 0. The van der Waals surface area contributed by atoms with Crippen molar-refractivity contribution in [3.63, 3.8) is 0 Å². The van der Waals surface area contributed by atoms with Crippen molar-refractivity contribution in [3.05, 3.63) is 23.5 Å². The first-order chi connectivity index (χ1) is 7.84. The number of aromatic nitrogens is 2. The van der Waals surface area contributed by atoms with Crippen LogP contribution in [0.5, 0.6) is 0 Å². The van der Waals surface area contributed by atoms with Crippen molar-refractivity contribution >= 4 is 11.5 Å². The number of carbonyl (C=O) groups excluding carboxylic acids is 1. The maximum Gasteiger partial charge on any atom is 0.158 e. The Bertz CT molecular complexity index is 441. The molecule has 0 aliphatic carbocycles. The predicted molar refractivity (Wildman–Crippen MR) is 69.3 cm³/mol. The van der Waals surface area contributed by atoms with Gasteiger partial charge in [-0.1, -0.05) is 13.8 Å². The molecule has 0 fully saturated rings. The summed E-state index contributed by atoms with van der Waals surface area (Å²) in [6.45, 7) is 5.70. The first kappa shape index (κ1) is 13.5. The van der Waals surface area contributed by atoms with Crippen molar-refractivity contribution in [3.8, 4) is 0 Å². The highest BCUT2D eigenvalue weighted by Gasteiger charge is 2.19. The van der Waals surface area contributed by atoms with E-state index in [1.54, 1.807) is 17.8 Å². The van der Waals surface area contributed by atoms with Gasteiger partial charge in [-0.3, -0.25) is 9.48 Å². The zero-order valence-electron chi connectivity index (χ0n) is 11.5. The van der Waals surface area contributed by atoms with E-state index in [1.807, 2.05) is 46.1 Å². The minimum atomic E-state index is 0.118. The Morgan fingerprint density at radius 1 is 1.41 bits per heavy atom. The van der Waals surface area contributed by atoms with Crippen LogP contribution in [0.2, 0.25) is 0 Å². The molecule has 94 valence electrons. The van der Waals surface area contributed by atoms with Crippen molar-refractivity contribution in [2.45, 2.75) is 20.8 Å². The monoisotopic (exact) mass is 235 g/mol. The third-order valence-electron chi connectivity index (χ3n) is 2.64. The molecule has 4 heteroatoms. The second-order valence-corrected chi connectivity index (χ2v) is 4.77. The maximum absolute atomic E-state index is 11.8. The van der Waals surface area contributed by atoms with E-state index in [0.29, 0.717) is 0 Å². The van der Waals surface area contributed by atoms with Crippen molar-refractivity contribution in [2.24, 2.45) is 13.0 Å². The molecule has 0 radical (unpaired) electrons. The van der Waals surface area contributed by atoms with Crippen LogP contribution in [0.1, 0.15) is 26.3 Å². The number of hydrogen-bond acceptors (Lipinski definition) is 3. The second kappa shape index (κ2) is 5.17. The third kappa shape index (κ3) is 2.96. The standard InChI is InChI=1S/C13H21N3O/c1-9(2)12(10(3)17)13(15(4)5)11-7-14-16(6)8-11/h7-9H,1-6H3/b13-12-. The Balaban J connectivity index is 3.42. The molecular formula is C13H21N3O. The van der Waals surface area contributed by atoms with E-state index in [9.17, 15) is 4.79 Å². The lowest BCUT2D eigenvalue weighted by molar-refractivity contribution is -0.114. The van der Waals surface area contributed by atoms with Crippen molar-refractivity contribution < 1.29 is 4.79 Å². The van der Waals surface area contributed by atoms with Gasteiger partial charge in [0.1, 0.15) is 0 Å². The summed E-state index contributed by atoms with van der Waals surface area (Å²) < 4.78 is 1.75. The SMILES string of the molecule is CC(=O)/C(=C(/c1cnn(C)c1)N(C)C)C(C)C. The fourth-order valence-electron chi connectivity index (χ4n) is 2.04. The molecule has 0 amide bonds. The molecule has 1 rings (SSSR count). The van der Waals surface area contributed by atoms with Crippen molar-refractivity contribution in [1.82, 2.24) is 14.7 Å². The van der Waals surface area contributed by atoms with E-state index in [1.165, 1.54) is 0 Å². The summed E-state index contributed by atoms with van der Waals surface area (Å²) in [5, 5.41) is 4.17. The van der Waals surface area contributed by atoms with Gasteiger partial charge in [-0.05, 0) is 12.8 Å². The lowest BCUT2D eigenvalue weighted by Crippen LogP contribution is -2.18. The summed E-state index contributed by atoms with van der Waals surface area (Å²) in [7, 11) is 5.78. The summed E-state index contributed by atoms with van der Waals surface area (Å²) >= 11 is 0. The van der Waals surface area contributed by atoms with E-state index < -0.39 is 0 Å². The maximum atomic E-state index is 11.8. The largest absolute Gasteiger partial charge is 0.377 e. The van der Waals surface area contributed by atoms with E-state index >= 15 is 0 Å². The van der Waals surface area contributed by atoms with Gasteiger partial charge in [0.25, 0.3) is 0 Å². The van der Waals surface area contributed by atoms with Crippen LogP contribution in [0.25, 0.3) is 5.70 Å². The number of nitrogens with zero attached hydrogens (tertiary/aromatic N) is 3. The Labute approximate surface area is 103 Å². The van der Waals surface area contributed by atoms with Gasteiger partial charge in [0, 0.05) is 38.5 Å². The summed E-state index contributed by atoms with van der Waals surface area (Å²) in [5.74, 6) is 0.317. The summed E-state index contributed by atoms with van der Waals surface area (Å²) in [6.07, 6.45) is 3.72. The zero-order chi connectivity index (χ0) is 13.2. The van der Waals surface area contributed by atoms with Crippen LogP contribution in [0.15, 0.2) is 18.0 Å². The highest BCUT2D eigenvalue weighted by atomic mass is 16.1. The first-order valence-corrected chi connectivity index (χ1v) is 5.76. The highest BCUT2D eigenvalue weighted by molar-refractivity contribution is 6.01. The minimum absolute atomic E-state index is 0.118. The van der Waals surface area contributed by atoms with Crippen LogP contribution in [-0.2, 0) is 11.8 Å². The quantitative estimate of drug-likeness (QED) is 0.749. The molecule has 4 nitrogen and oxygen atoms in total. The van der Waals surface area contributed by atoms with E-state index in [-0.39, 0.29) is 11.7 Å². The van der Waals surface area contributed by atoms with Gasteiger partial charge in [-0.25, -0.2) is 0 Å². The Hall–Kier alpha value is -1.58. The number of Topliss-reactive ketones (excluding diaryl/α,β-unsaturated/α-hetero) is 1. The molecule has 0 atom stereocenters. The average molecular weight is 235 g/mol. The highest BCUT2D eigenvalue weighted by Crippen LogP contribution is 2.26. The van der Waals surface area contributed by atoms with Crippen molar-refractivity contribution in [2.75, 3.05) is 14.1 Å². The van der Waals surface area contributed by atoms with E-state index in [0.717, 1.165) is 16.8 Å². The first-order valence-electron chi connectivity index (χ1n) is 5.76. The number of aryl methyl sites for hydroxylation is 1. The van der Waals surface area contributed by atoms with Crippen LogP contribution in [0.4, 0.5) is 0 Å². The number of carbonyl (C=O) groups is 1. The topological polar surface area (TPSA) is 38.1 Å². The van der Waals surface area contributed by atoms with E-state index in [4.69, 9.17) is 0 Å². The second-order valence-electron chi connectivity index (χ2n) is 4.77. The van der Waals surface area contributed by atoms with Gasteiger partial charge in [0.05, 0.1) is 11.9 Å². The fraction of sp³-hybridized carbons (Fsp3) is 0.538. The molecule has 1 aromatic rings. The predicted octanol–water partition coefficient (Wildman–Crippen LogP) is 1.94. The van der Waals surface area contributed by atoms with Crippen LogP contribution in [0.3, 0.4) is 0 Å². The molecule has 1 aromatic heterocycles. The smallest absolute Gasteiger partial charge is 0.158 e. The molecule has 0 aliphatic rings. The molecule has 1 heterocycles. The molecule has 0 saturated heterocycles. The Morgan fingerprint density at radius 3 is 2.29 bits per heavy atom. The van der Waals surface area contributed by atoms with Crippen LogP contribution >= 0.6 is 0 Å². The Kier molecular flexibility index (Phi) is 4.10. The molecule has 0 N–H and O–H groups in total. The number of allylic oxidation sites excluding steroid dienone is 1. The van der Waals surface area contributed by atoms with Gasteiger partial charge in [-0.2, -0.15) is 5.10 Å². The Morgan fingerprint density at radius 2 is 2.00 bits per heavy atom. The van der Waals surface area contributed by atoms with Gasteiger partial charge < -0.3 is 4.90 Å². The normalized spacial score (nSPS) is 12.6. The van der Waals surface area contributed by atoms with Crippen LogP contribution < -0.4 is 0 Å². The minimum Gasteiger partial charge on any atom is -0.377 e. The molecular weight excluding hydrogens is 214 g/mol. The number of rotatable bonds is 4. The summed E-state index contributed by atoms with van der Waals surface area (Å²) in [5.41, 5.74) is 2.79. The van der Waals surface area contributed by atoms with Gasteiger partial charge in [-0.15, -0.1) is 0 Å². The van der Waals surface area contributed by atoms with Crippen LogP contribution in [0, 0.1) is 5.92 Å². The molecule has 0 unspecified atom stereocenters. The van der Waals surface area contributed by atoms with E-state index in [2.05, 4.69) is 5.10 Å². The lowest BCUT2D eigenvalue weighted by atomic mass is 9.94. The molecule has 0 bridgehead atoms. The van der Waals surface area contributed by atoms with Gasteiger partial charge >= 0.3 is 0 Å². The lowest BCUT2D eigenvalue weighted by Gasteiger charge is -2.22. The van der Waals surface area contributed by atoms with Crippen molar-refractivity contribution in [1.29, 1.82) is 0 Å². The summed E-state index contributed by atoms with van der Waals surface area (Å²) in [4.78, 5) is 13.8. The van der Waals surface area contributed by atoms with Gasteiger partial charge in [0.15, 0.2) is 5.78 Å². The third-order valence-corrected chi connectivity index (χ3v) is 2.64. The molecule has 0 aliphatic heterocycles. The number of hydrogen-bond donors (Lipinski definition) is 0. The number of ketones is 1. The zero-order valence-corrected chi connectivity index (χ0v) is 11.5. The molecule has 0 aromatic carbocycles. The molecule has 0 saturated carbocycles.